The van der Waals surface area contributed by atoms with Gasteiger partial charge in [0.25, 0.3) is 0 Å². The predicted molar refractivity (Wildman–Crippen MR) is 139 cm³/mol. The molecule has 204 valence electrons. The molecule has 0 saturated carbocycles. The molecule has 3 rings (SSSR count). The average Bonchev–Trinajstić information content (AvgIpc) is 2.86. The summed E-state index contributed by atoms with van der Waals surface area (Å²) in [6.07, 6.45) is -0.559. The van der Waals surface area contributed by atoms with Crippen LogP contribution in [0, 0.1) is 0 Å². The molecule has 4 bridgehead atoms. The van der Waals surface area contributed by atoms with Crippen LogP contribution in [0.25, 0.3) is 0 Å². The number of nitrogens with one attached hydrogen (secondary N) is 1. The van der Waals surface area contributed by atoms with E-state index in [2.05, 4.69) is 5.43 Å². The van der Waals surface area contributed by atoms with E-state index in [-0.39, 0.29) is 0 Å². The zero-order valence-electron chi connectivity index (χ0n) is 21.9. The number of hydrogen-bond donors (Lipinski definition) is 1. The fraction of sp³-hybridized carbons (Fsp3) is 0.519. The van der Waals surface area contributed by atoms with Crippen LogP contribution in [-0.2, 0) is 23.7 Å². The number of carbonyl (C=O) groups excluding carboxylic acids is 1. The summed E-state index contributed by atoms with van der Waals surface area (Å²) in [5.74, 6) is 1.23. The molecule has 0 fully saturated rings. The van der Waals surface area contributed by atoms with Gasteiger partial charge in [-0.05, 0) is 45.0 Å². The van der Waals surface area contributed by atoms with Crippen LogP contribution in [0.5, 0.6) is 11.5 Å². The van der Waals surface area contributed by atoms with Crippen LogP contribution in [-0.4, -0.2) is 77.8 Å². The highest BCUT2D eigenvalue weighted by molar-refractivity contribution is 5.90. The summed E-state index contributed by atoms with van der Waals surface area (Å²) < 4.78 is 39.4. The van der Waals surface area contributed by atoms with Gasteiger partial charge in [-0.25, -0.2) is 4.79 Å². The summed E-state index contributed by atoms with van der Waals surface area (Å²) in [5, 5.41) is 1.34. The Balaban J connectivity index is 1.74. The predicted octanol–water partition coefficient (Wildman–Crippen LogP) is 4.29. The van der Waals surface area contributed by atoms with Crippen molar-refractivity contribution in [1.29, 1.82) is 0 Å². The Morgan fingerprint density at radius 2 is 1.22 bits per heavy atom. The van der Waals surface area contributed by atoms with E-state index in [1.807, 2.05) is 51.1 Å². The number of hydrazine groups is 1. The molecule has 10 heteroatoms. The van der Waals surface area contributed by atoms with Gasteiger partial charge in [-0.1, -0.05) is 12.1 Å². The molecule has 0 saturated heterocycles. The molecule has 0 radical (unpaired) electrons. The van der Waals surface area contributed by atoms with Crippen molar-refractivity contribution in [3.63, 3.8) is 0 Å². The van der Waals surface area contributed by atoms with E-state index in [0.29, 0.717) is 88.9 Å². The highest BCUT2D eigenvalue weighted by Gasteiger charge is 2.24. The number of nitrogens with zero attached hydrogens (tertiary/aromatic N) is 1. The van der Waals surface area contributed by atoms with Crippen molar-refractivity contribution in [2.24, 2.45) is 0 Å². The molecule has 1 amide bonds. The molecule has 0 unspecified atom stereocenters. The molecule has 0 spiro atoms. The zero-order chi connectivity index (χ0) is 26.3. The van der Waals surface area contributed by atoms with Crippen molar-refractivity contribution in [3.05, 3.63) is 48.5 Å². The van der Waals surface area contributed by atoms with Gasteiger partial charge >= 0.3 is 6.09 Å². The first-order valence-corrected chi connectivity index (χ1v) is 12.5. The van der Waals surface area contributed by atoms with Crippen LogP contribution in [0.4, 0.5) is 16.2 Å². The van der Waals surface area contributed by atoms with E-state index in [0.717, 1.165) is 0 Å². The normalized spacial score (nSPS) is 17.3. The van der Waals surface area contributed by atoms with Crippen LogP contribution in [0.1, 0.15) is 20.8 Å². The van der Waals surface area contributed by atoms with Crippen LogP contribution < -0.4 is 19.9 Å². The Bertz CT molecular complexity index is 950. The summed E-state index contributed by atoms with van der Waals surface area (Å²) in [4.78, 5) is 13.1. The fourth-order valence-corrected chi connectivity index (χ4v) is 3.22. The number of fused-ring (bicyclic) bond motifs is 4. The van der Waals surface area contributed by atoms with Crippen molar-refractivity contribution in [1.82, 2.24) is 0 Å². The number of hydrogen-bond acceptors (Lipinski definition) is 9. The molecular formula is C27H38N2O8. The summed E-state index contributed by atoms with van der Waals surface area (Å²) in [6.45, 7) is 9.90. The minimum Gasteiger partial charge on any atom is -0.491 e. The van der Waals surface area contributed by atoms with Gasteiger partial charge in [0, 0.05) is 12.1 Å². The standard InChI is InChI=1S/C27H38N2O8/c1-27(2,3)37-26(30)29-23-7-5-9-25(21-23)36-19-17-34-15-13-32-11-10-31-12-14-33-16-18-35-24-8-4-6-22(20-24)28-29/h4-9,20-21,28H,10-19H2,1-3H3. The quantitative estimate of drug-likeness (QED) is 0.548. The molecule has 1 heterocycles. The van der Waals surface area contributed by atoms with Crippen LogP contribution in [0.2, 0.25) is 0 Å². The first-order chi connectivity index (χ1) is 17.9. The van der Waals surface area contributed by atoms with Crippen LogP contribution >= 0.6 is 0 Å². The third-order valence-corrected chi connectivity index (χ3v) is 4.84. The van der Waals surface area contributed by atoms with Gasteiger partial charge in [-0.3, -0.25) is 5.43 Å². The van der Waals surface area contributed by atoms with Crippen molar-refractivity contribution >= 4 is 17.5 Å². The van der Waals surface area contributed by atoms with E-state index < -0.39 is 11.7 Å². The average molecular weight is 519 g/mol. The molecule has 10 nitrogen and oxygen atoms in total. The highest BCUT2D eigenvalue weighted by atomic mass is 16.6. The number of amides is 1. The first kappa shape index (κ1) is 28.5. The van der Waals surface area contributed by atoms with Gasteiger partial charge in [0.15, 0.2) is 0 Å². The Hall–Kier alpha value is -3.05. The number of anilines is 2. The lowest BCUT2D eigenvalue weighted by Gasteiger charge is -2.28. The molecule has 1 aliphatic heterocycles. The number of carbonyl (C=O) groups is 1. The largest absolute Gasteiger partial charge is 0.491 e. The highest BCUT2D eigenvalue weighted by Crippen LogP contribution is 2.26. The Morgan fingerprint density at radius 3 is 1.76 bits per heavy atom. The molecule has 1 N–H and O–H groups in total. The maximum Gasteiger partial charge on any atom is 0.433 e. The molecule has 37 heavy (non-hydrogen) atoms. The molecule has 0 aliphatic carbocycles. The van der Waals surface area contributed by atoms with Crippen LogP contribution in [0.15, 0.2) is 48.5 Å². The topological polar surface area (TPSA) is 97.0 Å². The maximum atomic E-state index is 13.1. The lowest BCUT2D eigenvalue weighted by atomic mass is 10.2. The summed E-state index contributed by atoms with van der Waals surface area (Å²) in [5.41, 5.74) is 3.66. The lowest BCUT2D eigenvalue weighted by Crippen LogP contribution is -2.40. The molecule has 1 aliphatic rings. The summed E-state index contributed by atoms with van der Waals surface area (Å²) in [6, 6.07) is 14.5. The second kappa shape index (κ2) is 15.3. The van der Waals surface area contributed by atoms with Crippen molar-refractivity contribution in [3.8, 4) is 11.5 Å². The van der Waals surface area contributed by atoms with Crippen molar-refractivity contribution < 1.29 is 38.0 Å². The van der Waals surface area contributed by atoms with Gasteiger partial charge < -0.3 is 33.2 Å². The van der Waals surface area contributed by atoms with E-state index in [9.17, 15) is 4.79 Å². The zero-order valence-corrected chi connectivity index (χ0v) is 21.9. The second-order valence-electron chi connectivity index (χ2n) is 9.10. The van der Waals surface area contributed by atoms with E-state index >= 15 is 0 Å². The van der Waals surface area contributed by atoms with E-state index in [4.69, 9.17) is 33.2 Å². The third-order valence-electron chi connectivity index (χ3n) is 4.84. The Morgan fingerprint density at radius 1 is 0.730 bits per heavy atom. The van der Waals surface area contributed by atoms with Crippen LogP contribution in [0.3, 0.4) is 0 Å². The fourth-order valence-electron chi connectivity index (χ4n) is 3.22. The van der Waals surface area contributed by atoms with Gasteiger partial charge in [0.05, 0.1) is 64.2 Å². The van der Waals surface area contributed by atoms with Gasteiger partial charge in [-0.15, -0.1) is 0 Å². The minimum atomic E-state index is -0.678. The smallest absolute Gasteiger partial charge is 0.433 e. The SMILES string of the molecule is CC(C)(C)OC(=O)N1Nc2cccc(c2)OCCOCCOCCOCCOCCOc2cccc1c2. The molecule has 2 aromatic rings. The minimum absolute atomic E-state index is 0.353. The molecule has 2 aromatic carbocycles. The second-order valence-corrected chi connectivity index (χ2v) is 9.10. The maximum absolute atomic E-state index is 13.1. The lowest BCUT2D eigenvalue weighted by molar-refractivity contribution is -0.00698. The monoisotopic (exact) mass is 518 g/mol. The summed E-state index contributed by atoms with van der Waals surface area (Å²) >= 11 is 0. The third kappa shape index (κ3) is 11.3. The van der Waals surface area contributed by atoms with Crippen molar-refractivity contribution in [2.75, 3.05) is 76.5 Å². The van der Waals surface area contributed by atoms with E-state index in [1.165, 1.54) is 5.01 Å². The number of ether oxygens (including phenoxy) is 7. The molecular weight excluding hydrogens is 480 g/mol. The first-order valence-electron chi connectivity index (χ1n) is 12.5. The Kier molecular flexibility index (Phi) is 11.8. The number of benzene rings is 2. The van der Waals surface area contributed by atoms with Gasteiger partial charge in [-0.2, -0.15) is 5.01 Å². The van der Waals surface area contributed by atoms with Gasteiger partial charge in [0.2, 0.25) is 0 Å². The van der Waals surface area contributed by atoms with E-state index in [1.54, 1.807) is 18.2 Å². The Labute approximate surface area is 218 Å². The van der Waals surface area contributed by atoms with Crippen molar-refractivity contribution in [2.45, 2.75) is 26.4 Å². The number of rotatable bonds is 0. The van der Waals surface area contributed by atoms with Gasteiger partial charge in [0.1, 0.15) is 30.3 Å². The summed E-state index contributed by atoms with van der Waals surface area (Å²) in [7, 11) is 0. The molecule has 0 aromatic heterocycles. The molecule has 0 atom stereocenters.